The van der Waals surface area contributed by atoms with Gasteiger partial charge in [-0.3, -0.25) is 9.59 Å². The number of anilines is 2. The van der Waals surface area contributed by atoms with E-state index in [1.165, 1.54) is 7.11 Å². The molecular formula is C32H31N5O4. The standard InChI is InChI=1S/C32H31N5O4/c1-36-13-15-37(16-14-36)28(38)17-20-3-7-24(8-4-20)34-30(22-6-10-26-21(18-22)11-12-33-26)29-25-9-5-23(32(40)41-2)19-27(25)35-31(29)39/h3-12,18-19,33-34H,13-17H2,1-2H3,(H,35,39). The van der Waals surface area contributed by atoms with Crippen LogP contribution in [-0.2, 0) is 20.7 Å². The second-order valence-corrected chi connectivity index (χ2v) is 10.4. The van der Waals surface area contributed by atoms with Gasteiger partial charge in [0.15, 0.2) is 0 Å². The van der Waals surface area contributed by atoms with Gasteiger partial charge in [-0.25, -0.2) is 4.79 Å². The van der Waals surface area contributed by atoms with Crippen molar-refractivity contribution >= 4 is 51.3 Å². The molecule has 2 aliphatic rings. The molecule has 0 radical (unpaired) electrons. The Hall–Kier alpha value is -4.89. The molecule has 1 fully saturated rings. The highest BCUT2D eigenvalue weighted by Gasteiger charge is 2.29. The van der Waals surface area contributed by atoms with E-state index in [1.807, 2.05) is 59.6 Å². The van der Waals surface area contributed by atoms with Crippen LogP contribution in [0.4, 0.5) is 11.4 Å². The van der Waals surface area contributed by atoms with Crippen LogP contribution in [0.3, 0.4) is 0 Å². The first-order valence-corrected chi connectivity index (χ1v) is 13.6. The minimum absolute atomic E-state index is 0.131. The van der Waals surface area contributed by atoms with Crippen molar-refractivity contribution in [2.24, 2.45) is 0 Å². The lowest BCUT2D eigenvalue weighted by Gasteiger charge is -2.32. The summed E-state index contributed by atoms with van der Waals surface area (Å²) < 4.78 is 4.85. The molecule has 2 aliphatic heterocycles. The number of benzene rings is 3. The van der Waals surface area contributed by atoms with Crippen LogP contribution in [0.5, 0.6) is 0 Å². The van der Waals surface area contributed by atoms with Crippen molar-refractivity contribution in [2.45, 2.75) is 6.42 Å². The molecule has 9 heteroatoms. The summed E-state index contributed by atoms with van der Waals surface area (Å²) in [6, 6.07) is 20.7. The zero-order chi connectivity index (χ0) is 28.5. The number of carbonyl (C=O) groups excluding carboxylic acids is 3. The number of ether oxygens (including phenoxy) is 1. The molecule has 6 rings (SSSR count). The summed E-state index contributed by atoms with van der Waals surface area (Å²) in [6.07, 6.45) is 2.23. The quantitative estimate of drug-likeness (QED) is 0.246. The van der Waals surface area contributed by atoms with E-state index in [1.54, 1.807) is 18.2 Å². The third kappa shape index (κ3) is 5.31. The topological polar surface area (TPSA) is 107 Å². The van der Waals surface area contributed by atoms with Crippen LogP contribution in [0.2, 0.25) is 0 Å². The molecule has 41 heavy (non-hydrogen) atoms. The molecular weight excluding hydrogens is 518 g/mol. The molecule has 4 aromatic rings. The Labute approximate surface area is 237 Å². The molecule has 0 unspecified atom stereocenters. The summed E-state index contributed by atoms with van der Waals surface area (Å²) in [6.45, 7) is 3.28. The molecule has 0 spiro atoms. The summed E-state index contributed by atoms with van der Waals surface area (Å²) >= 11 is 0. The molecule has 3 N–H and O–H groups in total. The van der Waals surface area contributed by atoms with Gasteiger partial charge in [-0.05, 0) is 60.6 Å². The van der Waals surface area contributed by atoms with E-state index in [0.717, 1.165) is 53.9 Å². The number of fused-ring (bicyclic) bond motifs is 2. The van der Waals surface area contributed by atoms with Gasteiger partial charge >= 0.3 is 5.97 Å². The Morgan fingerprint density at radius 1 is 0.927 bits per heavy atom. The van der Waals surface area contributed by atoms with Gasteiger partial charge in [-0.2, -0.15) is 0 Å². The van der Waals surface area contributed by atoms with Gasteiger partial charge in [0.25, 0.3) is 5.91 Å². The first-order valence-electron chi connectivity index (χ1n) is 13.6. The van der Waals surface area contributed by atoms with Crippen LogP contribution in [0.15, 0.2) is 72.9 Å². The summed E-state index contributed by atoms with van der Waals surface area (Å²) in [5, 5.41) is 7.40. The molecule has 3 aromatic carbocycles. The van der Waals surface area contributed by atoms with E-state index < -0.39 is 5.97 Å². The lowest BCUT2D eigenvalue weighted by Crippen LogP contribution is -2.47. The highest BCUT2D eigenvalue weighted by molar-refractivity contribution is 6.37. The first kappa shape index (κ1) is 26.3. The monoisotopic (exact) mass is 549 g/mol. The minimum Gasteiger partial charge on any atom is -0.465 e. The maximum atomic E-state index is 13.4. The Bertz CT molecular complexity index is 1680. The van der Waals surface area contributed by atoms with Crippen molar-refractivity contribution < 1.29 is 19.1 Å². The third-order valence-corrected chi connectivity index (χ3v) is 7.71. The number of nitrogens with one attached hydrogen (secondary N) is 3. The number of aromatic amines is 1. The van der Waals surface area contributed by atoms with Crippen molar-refractivity contribution in [1.82, 2.24) is 14.8 Å². The van der Waals surface area contributed by atoms with Gasteiger partial charge in [-0.1, -0.05) is 24.3 Å². The summed E-state index contributed by atoms with van der Waals surface area (Å²) in [5.41, 5.74) is 6.25. The molecule has 1 aromatic heterocycles. The molecule has 0 saturated carbocycles. The second kappa shape index (κ2) is 10.9. The fourth-order valence-corrected chi connectivity index (χ4v) is 5.35. The van der Waals surface area contributed by atoms with E-state index in [4.69, 9.17) is 4.74 Å². The lowest BCUT2D eigenvalue weighted by atomic mass is 9.98. The smallest absolute Gasteiger partial charge is 0.337 e. The number of piperazine rings is 1. The fourth-order valence-electron chi connectivity index (χ4n) is 5.35. The van der Waals surface area contributed by atoms with E-state index in [2.05, 4.69) is 27.6 Å². The number of hydrogen-bond donors (Lipinski definition) is 3. The zero-order valence-corrected chi connectivity index (χ0v) is 23.0. The van der Waals surface area contributed by atoms with Crippen LogP contribution in [0.25, 0.3) is 22.2 Å². The number of nitrogens with zero attached hydrogens (tertiary/aromatic N) is 2. The van der Waals surface area contributed by atoms with Crippen LogP contribution >= 0.6 is 0 Å². The Morgan fingerprint density at radius 3 is 2.44 bits per heavy atom. The number of carbonyl (C=O) groups is 3. The number of amides is 2. The second-order valence-electron chi connectivity index (χ2n) is 10.4. The molecule has 9 nitrogen and oxygen atoms in total. The number of likely N-dealkylation sites (N-methyl/N-ethyl adjacent to an activating group) is 1. The van der Waals surface area contributed by atoms with Crippen molar-refractivity contribution in [3.63, 3.8) is 0 Å². The molecule has 0 atom stereocenters. The van der Waals surface area contributed by atoms with Gasteiger partial charge in [0, 0.05) is 54.5 Å². The van der Waals surface area contributed by atoms with Gasteiger partial charge < -0.3 is 30.2 Å². The van der Waals surface area contributed by atoms with Crippen molar-refractivity contribution in [3.8, 4) is 0 Å². The van der Waals surface area contributed by atoms with E-state index in [0.29, 0.717) is 34.5 Å². The maximum Gasteiger partial charge on any atom is 0.337 e. The molecule has 2 amide bonds. The molecule has 208 valence electrons. The van der Waals surface area contributed by atoms with Crippen LogP contribution < -0.4 is 10.6 Å². The highest BCUT2D eigenvalue weighted by atomic mass is 16.5. The van der Waals surface area contributed by atoms with Gasteiger partial charge in [0.2, 0.25) is 5.91 Å². The van der Waals surface area contributed by atoms with E-state index >= 15 is 0 Å². The summed E-state index contributed by atoms with van der Waals surface area (Å²) in [4.78, 5) is 45.6. The summed E-state index contributed by atoms with van der Waals surface area (Å²) in [7, 11) is 3.40. The van der Waals surface area contributed by atoms with E-state index in [-0.39, 0.29) is 11.8 Å². The number of rotatable bonds is 6. The van der Waals surface area contributed by atoms with Crippen LogP contribution in [0.1, 0.15) is 27.0 Å². The first-order chi connectivity index (χ1) is 19.9. The average Bonchev–Trinajstić information content (AvgIpc) is 3.59. The highest BCUT2D eigenvalue weighted by Crippen LogP contribution is 2.38. The van der Waals surface area contributed by atoms with Crippen molar-refractivity contribution in [2.75, 3.05) is 51.0 Å². The number of methoxy groups -OCH3 is 1. The minimum atomic E-state index is -0.470. The number of aromatic nitrogens is 1. The SMILES string of the molecule is COC(=O)c1ccc2c(c1)NC(=O)C2=C(Nc1ccc(CC(=O)N2CCN(C)CC2)cc1)c1ccc2[nH]ccc2c1. The number of H-pyrrole nitrogens is 1. The fraction of sp³-hybridized carbons (Fsp3) is 0.219. The molecule has 0 bridgehead atoms. The Balaban J connectivity index is 1.33. The number of esters is 1. The van der Waals surface area contributed by atoms with Gasteiger partial charge in [-0.15, -0.1) is 0 Å². The Kier molecular flexibility index (Phi) is 7.03. The molecule has 1 saturated heterocycles. The van der Waals surface area contributed by atoms with E-state index in [9.17, 15) is 14.4 Å². The zero-order valence-electron chi connectivity index (χ0n) is 23.0. The molecule has 0 aliphatic carbocycles. The van der Waals surface area contributed by atoms with Gasteiger partial charge in [0.05, 0.1) is 36.1 Å². The largest absolute Gasteiger partial charge is 0.465 e. The normalized spacial score (nSPS) is 16.3. The van der Waals surface area contributed by atoms with Crippen LogP contribution in [0, 0.1) is 0 Å². The number of hydrogen-bond acceptors (Lipinski definition) is 6. The molecule has 3 heterocycles. The van der Waals surface area contributed by atoms with Crippen molar-refractivity contribution in [1.29, 1.82) is 0 Å². The summed E-state index contributed by atoms with van der Waals surface area (Å²) in [5.74, 6) is -0.609. The Morgan fingerprint density at radius 2 is 1.68 bits per heavy atom. The van der Waals surface area contributed by atoms with Crippen molar-refractivity contribution in [3.05, 3.63) is 95.2 Å². The predicted octanol–water partition coefficient (Wildman–Crippen LogP) is 4.20. The average molecular weight is 550 g/mol. The maximum absolute atomic E-state index is 13.4. The predicted molar refractivity (Wildman–Crippen MR) is 159 cm³/mol. The van der Waals surface area contributed by atoms with Crippen LogP contribution in [-0.4, -0.2) is 72.9 Å². The lowest BCUT2D eigenvalue weighted by molar-refractivity contribution is -0.132. The third-order valence-electron chi connectivity index (χ3n) is 7.71. The van der Waals surface area contributed by atoms with Gasteiger partial charge in [0.1, 0.15) is 0 Å².